The molecular weight excluding hydrogens is 442 g/mol. The lowest BCUT2D eigenvalue weighted by Crippen LogP contribution is -2.19. The molecular formula is C27H27N5O3. The second kappa shape index (κ2) is 10.1. The van der Waals surface area contributed by atoms with Gasteiger partial charge in [-0.3, -0.25) is 14.3 Å². The maximum Gasteiger partial charge on any atom is 0.251 e. The largest absolute Gasteiger partial charge is 0.365 e. The average molecular weight is 470 g/mol. The van der Waals surface area contributed by atoms with E-state index in [1.165, 1.54) is 0 Å². The number of anilines is 1. The van der Waals surface area contributed by atoms with Gasteiger partial charge in [-0.2, -0.15) is 5.10 Å². The van der Waals surface area contributed by atoms with Gasteiger partial charge in [0.25, 0.3) is 5.91 Å². The summed E-state index contributed by atoms with van der Waals surface area (Å²) in [6, 6.07) is 15.7. The lowest BCUT2D eigenvalue weighted by Gasteiger charge is -2.12. The van der Waals surface area contributed by atoms with E-state index in [0.717, 1.165) is 52.2 Å². The van der Waals surface area contributed by atoms with Crippen LogP contribution in [0.15, 0.2) is 60.9 Å². The van der Waals surface area contributed by atoms with Gasteiger partial charge in [0.1, 0.15) is 12.4 Å². The van der Waals surface area contributed by atoms with E-state index < -0.39 is 0 Å². The van der Waals surface area contributed by atoms with E-state index in [-0.39, 0.29) is 18.3 Å². The SMILES string of the molecule is Cn1nccc1COCC(=O)Nc1cc(-c2[nH]c3c(c2Cc2ccccc2)C(=O)CCC3)ccn1. The van der Waals surface area contributed by atoms with Crippen molar-refractivity contribution in [2.45, 2.75) is 32.3 Å². The molecule has 0 fully saturated rings. The summed E-state index contributed by atoms with van der Waals surface area (Å²) in [5.41, 5.74) is 6.61. The Bertz CT molecular complexity index is 1360. The number of carbonyl (C=O) groups excluding carboxylic acids is 2. The van der Waals surface area contributed by atoms with Crippen LogP contribution in [-0.4, -0.2) is 38.0 Å². The number of carbonyl (C=O) groups is 2. The van der Waals surface area contributed by atoms with E-state index >= 15 is 0 Å². The molecule has 0 spiro atoms. The van der Waals surface area contributed by atoms with E-state index in [9.17, 15) is 9.59 Å². The first-order chi connectivity index (χ1) is 17.1. The van der Waals surface area contributed by atoms with Crippen LogP contribution in [0, 0.1) is 0 Å². The predicted octanol–water partition coefficient (Wildman–Crippen LogP) is 4.08. The van der Waals surface area contributed by atoms with Crippen LogP contribution in [0.3, 0.4) is 0 Å². The van der Waals surface area contributed by atoms with Gasteiger partial charge in [-0.05, 0) is 42.2 Å². The maximum absolute atomic E-state index is 12.9. The monoisotopic (exact) mass is 469 g/mol. The molecule has 5 rings (SSSR count). The molecule has 2 N–H and O–H groups in total. The van der Waals surface area contributed by atoms with Gasteiger partial charge in [0.15, 0.2) is 5.78 Å². The smallest absolute Gasteiger partial charge is 0.251 e. The first-order valence-corrected chi connectivity index (χ1v) is 11.7. The van der Waals surface area contributed by atoms with Crippen LogP contribution in [0.1, 0.15) is 45.7 Å². The standard InChI is InChI=1S/C27H27N5O3/c1-32-20(11-13-29-32)16-35-17-25(34)31-24-15-19(10-12-28-24)27-21(14-18-6-3-2-4-7-18)26-22(30-27)8-5-9-23(26)33/h2-4,6-7,10-13,15,30H,5,8-9,14,16-17H2,1H3,(H,28,31,34). The predicted molar refractivity (Wildman–Crippen MR) is 132 cm³/mol. The lowest BCUT2D eigenvalue weighted by atomic mass is 9.90. The number of rotatable bonds is 8. The molecule has 0 atom stereocenters. The molecule has 0 unspecified atom stereocenters. The van der Waals surface area contributed by atoms with Gasteiger partial charge in [0.05, 0.1) is 18.0 Å². The number of hydrogen-bond acceptors (Lipinski definition) is 5. The van der Waals surface area contributed by atoms with Crippen molar-refractivity contribution in [3.63, 3.8) is 0 Å². The molecule has 8 nitrogen and oxygen atoms in total. The number of aromatic amines is 1. The minimum absolute atomic E-state index is 0.0956. The van der Waals surface area contributed by atoms with Crippen molar-refractivity contribution in [1.29, 1.82) is 0 Å². The summed E-state index contributed by atoms with van der Waals surface area (Å²) in [5.74, 6) is 0.330. The second-order valence-corrected chi connectivity index (χ2v) is 8.69. The number of fused-ring (bicyclic) bond motifs is 1. The average Bonchev–Trinajstić information content (AvgIpc) is 3.44. The molecule has 1 aromatic carbocycles. The second-order valence-electron chi connectivity index (χ2n) is 8.69. The fourth-order valence-corrected chi connectivity index (χ4v) is 4.52. The number of benzene rings is 1. The number of nitrogens with one attached hydrogen (secondary N) is 2. The summed E-state index contributed by atoms with van der Waals surface area (Å²) >= 11 is 0. The van der Waals surface area contributed by atoms with Crippen LogP contribution in [0.25, 0.3) is 11.3 Å². The molecule has 3 aromatic heterocycles. The Morgan fingerprint density at radius 3 is 2.80 bits per heavy atom. The fraction of sp³-hybridized carbons (Fsp3) is 0.259. The molecule has 0 aliphatic heterocycles. The number of nitrogens with zero attached hydrogens (tertiary/aromatic N) is 3. The van der Waals surface area contributed by atoms with Crippen molar-refractivity contribution in [1.82, 2.24) is 19.7 Å². The number of amides is 1. The van der Waals surface area contributed by atoms with Gasteiger partial charge >= 0.3 is 0 Å². The normalized spacial score (nSPS) is 13.0. The van der Waals surface area contributed by atoms with Crippen LogP contribution in [-0.2, 0) is 36.0 Å². The van der Waals surface area contributed by atoms with Crippen molar-refractivity contribution in [3.8, 4) is 11.3 Å². The number of aryl methyl sites for hydroxylation is 2. The quantitative estimate of drug-likeness (QED) is 0.405. The molecule has 1 aliphatic rings. The molecule has 0 bridgehead atoms. The van der Waals surface area contributed by atoms with E-state index in [0.29, 0.717) is 25.3 Å². The summed E-state index contributed by atoms with van der Waals surface area (Å²) in [5, 5.41) is 6.89. The third kappa shape index (κ3) is 5.07. The third-order valence-corrected chi connectivity index (χ3v) is 6.24. The minimum atomic E-state index is -0.290. The van der Waals surface area contributed by atoms with E-state index in [1.54, 1.807) is 17.1 Å². The molecule has 8 heteroatoms. The highest BCUT2D eigenvalue weighted by molar-refractivity contribution is 6.01. The highest BCUT2D eigenvalue weighted by Crippen LogP contribution is 2.35. The summed E-state index contributed by atoms with van der Waals surface area (Å²) in [6.45, 7) is 0.198. The number of aromatic nitrogens is 4. The molecule has 0 radical (unpaired) electrons. The number of Topliss-reactive ketones (excluding diaryl/α,β-unsaturated/α-hetero) is 1. The molecule has 1 aliphatic carbocycles. The zero-order chi connectivity index (χ0) is 24.2. The van der Waals surface area contributed by atoms with Crippen molar-refractivity contribution in [2.24, 2.45) is 7.05 Å². The maximum atomic E-state index is 12.9. The van der Waals surface area contributed by atoms with Crippen LogP contribution in [0.4, 0.5) is 5.82 Å². The summed E-state index contributed by atoms with van der Waals surface area (Å²) in [4.78, 5) is 33.1. The van der Waals surface area contributed by atoms with Gasteiger partial charge in [-0.1, -0.05) is 30.3 Å². The number of ether oxygens (including phenoxy) is 1. The van der Waals surface area contributed by atoms with Crippen LogP contribution in [0.2, 0.25) is 0 Å². The van der Waals surface area contributed by atoms with Crippen LogP contribution in [0.5, 0.6) is 0 Å². The molecule has 35 heavy (non-hydrogen) atoms. The van der Waals surface area contributed by atoms with Gasteiger partial charge in [0, 0.05) is 49.1 Å². The van der Waals surface area contributed by atoms with Gasteiger partial charge < -0.3 is 15.0 Å². The summed E-state index contributed by atoms with van der Waals surface area (Å²) < 4.78 is 7.22. The van der Waals surface area contributed by atoms with Gasteiger partial charge in [-0.25, -0.2) is 4.98 Å². The number of ketones is 1. The Morgan fingerprint density at radius 2 is 2.00 bits per heavy atom. The number of pyridine rings is 1. The Balaban J connectivity index is 1.36. The summed E-state index contributed by atoms with van der Waals surface area (Å²) in [7, 11) is 1.83. The number of H-pyrrole nitrogens is 1. The molecule has 1 amide bonds. The van der Waals surface area contributed by atoms with E-state index in [2.05, 4.69) is 32.5 Å². The number of hydrogen-bond donors (Lipinski definition) is 2. The van der Waals surface area contributed by atoms with Gasteiger partial charge in [0.2, 0.25) is 0 Å². The highest BCUT2D eigenvalue weighted by Gasteiger charge is 2.26. The third-order valence-electron chi connectivity index (χ3n) is 6.24. The Labute approximate surface area is 203 Å². The summed E-state index contributed by atoms with van der Waals surface area (Å²) in [6.07, 6.45) is 6.28. The fourth-order valence-electron chi connectivity index (χ4n) is 4.52. The van der Waals surface area contributed by atoms with Crippen molar-refractivity contribution >= 4 is 17.5 Å². The molecule has 0 saturated carbocycles. The van der Waals surface area contributed by atoms with Crippen molar-refractivity contribution in [3.05, 3.63) is 89.0 Å². The van der Waals surface area contributed by atoms with Crippen LogP contribution < -0.4 is 5.32 Å². The first-order valence-electron chi connectivity index (χ1n) is 11.7. The van der Waals surface area contributed by atoms with Crippen molar-refractivity contribution < 1.29 is 14.3 Å². The Kier molecular flexibility index (Phi) is 6.54. The Hall–Kier alpha value is -4.04. The topological polar surface area (TPSA) is 102 Å². The Morgan fingerprint density at radius 1 is 1.14 bits per heavy atom. The minimum Gasteiger partial charge on any atom is -0.365 e. The molecule has 178 valence electrons. The lowest BCUT2D eigenvalue weighted by molar-refractivity contribution is -0.121. The molecule has 3 heterocycles. The zero-order valence-electron chi connectivity index (χ0n) is 19.6. The highest BCUT2D eigenvalue weighted by atomic mass is 16.5. The molecule has 4 aromatic rings. The van der Waals surface area contributed by atoms with E-state index in [1.807, 2.05) is 43.4 Å². The van der Waals surface area contributed by atoms with Crippen LogP contribution >= 0.6 is 0 Å². The van der Waals surface area contributed by atoms with Gasteiger partial charge in [-0.15, -0.1) is 0 Å². The molecule has 0 saturated heterocycles. The first kappa shape index (κ1) is 22.7. The zero-order valence-corrected chi connectivity index (χ0v) is 19.6. The van der Waals surface area contributed by atoms with Crippen molar-refractivity contribution in [2.75, 3.05) is 11.9 Å². The van der Waals surface area contributed by atoms with E-state index in [4.69, 9.17) is 4.74 Å².